The molecule has 1 aromatic carbocycles. The number of benzene rings is 1. The highest BCUT2D eigenvalue weighted by Crippen LogP contribution is 2.43. The average Bonchev–Trinajstić information content (AvgIpc) is 4.06. The Morgan fingerprint density at radius 3 is 1.36 bits per heavy atom. The van der Waals surface area contributed by atoms with Crippen LogP contribution in [-0.2, 0) is 42.9 Å². The van der Waals surface area contributed by atoms with E-state index in [0.717, 1.165) is 36.9 Å². The smallest absolute Gasteiger partial charge is 0.307 e. The van der Waals surface area contributed by atoms with Crippen molar-refractivity contribution < 1.29 is 53.1 Å². The molecule has 0 aliphatic carbocycles. The molecule has 0 saturated heterocycles. The van der Waals surface area contributed by atoms with Gasteiger partial charge in [-0.1, -0.05) is 204 Å². The normalized spacial score (nSPS) is 15.0. The minimum Gasteiger partial charge on any atom is -0.481 e. The Morgan fingerprint density at radius 1 is 0.576 bits per heavy atom. The molecule has 0 bridgehead atoms. The van der Waals surface area contributed by atoms with Crippen LogP contribution in [0.25, 0.3) is 0 Å². The van der Waals surface area contributed by atoms with Gasteiger partial charge in [0.25, 0.3) is 0 Å². The number of carbonyl (C=O) groups is 4. The average molecular weight is 1200 g/mol. The van der Waals surface area contributed by atoms with Crippen LogP contribution in [0, 0.1) is 47.3 Å². The summed E-state index contributed by atoms with van der Waals surface area (Å²) in [5.41, 5.74) is 3.03. The molecule has 478 valence electrons. The highest BCUT2D eigenvalue weighted by atomic mass is 32.2. The van der Waals surface area contributed by atoms with Crippen LogP contribution in [0.5, 0.6) is 0 Å². The number of ether oxygens (including phenoxy) is 5. The van der Waals surface area contributed by atoms with Crippen LogP contribution in [0.2, 0.25) is 0 Å². The minimum absolute atomic E-state index is 0.00214. The summed E-state index contributed by atoms with van der Waals surface area (Å²) in [6.45, 7) is 10.5. The number of nitrogens with zero attached hydrogens (tertiary/aromatic N) is 5. The second-order valence-electron chi connectivity index (χ2n) is 22.6. The predicted molar refractivity (Wildman–Crippen MR) is 341 cm³/mol. The number of allylic oxidation sites excluding steroid dienone is 5. The van der Waals surface area contributed by atoms with E-state index in [0.29, 0.717) is 35.9 Å². The summed E-state index contributed by atoms with van der Waals surface area (Å²) in [6.07, 6.45) is 43.4. The number of hydrogen-bond acceptors (Lipinski definition) is 15. The van der Waals surface area contributed by atoms with Gasteiger partial charge in [0.1, 0.15) is 30.6 Å². The maximum atomic E-state index is 12.7. The van der Waals surface area contributed by atoms with Crippen molar-refractivity contribution in [2.45, 2.75) is 239 Å². The first-order valence-corrected chi connectivity index (χ1v) is 33.6. The number of aliphatic carboxylic acids is 2. The molecule has 0 saturated carbocycles. The van der Waals surface area contributed by atoms with E-state index in [4.69, 9.17) is 23.7 Å². The van der Waals surface area contributed by atoms with Crippen molar-refractivity contribution in [1.82, 2.24) is 0 Å². The zero-order valence-electron chi connectivity index (χ0n) is 52.8. The first kappa shape index (κ1) is 76.0. The Bertz CT molecular complexity index is 2170. The van der Waals surface area contributed by atoms with Crippen LogP contribution in [0.1, 0.15) is 232 Å². The fourth-order valence-corrected chi connectivity index (χ4v) is 11.1. The van der Waals surface area contributed by atoms with Gasteiger partial charge in [-0.15, -0.1) is 0 Å². The number of carboxylic acid groups (broad SMARTS) is 2. The van der Waals surface area contributed by atoms with Gasteiger partial charge in [-0.25, -0.2) is 0 Å². The topological polar surface area (TPSA) is 230 Å². The van der Waals surface area contributed by atoms with Gasteiger partial charge in [0.05, 0.1) is 81.0 Å². The lowest BCUT2D eigenvalue weighted by Crippen LogP contribution is -2.31. The summed E-state index contributed by atoms with van der Waals surface area (Å²) in [4.78, 5) is 51.6. The van der Waals surface area contributed by atoms with Crippen molar-refractivity contribution in [1.29, 1.82) is 10.5 Å². The molecule has 85 heavy (non-hydrogen) atoms. The zero-order chi connectivity index (χ0) is 61.8. The summed E-state index contributed by atoms with van der Waals surface area (Å²) in [7, 11) is 0. The van der Waals surface area contributed by atoms with E-state index in [-0.39, 0.29) is 71.9 Å². The lowest BCUT2D eigenvalue weighted by molar-refractivity contribution is -0.152. The lowest BCUT2D eigenvalue weighted by atomic mass is 10.0. The first-order valence-electron chi connectivity index (χ1n) is 32.7. The summed E-state index contributed by atoms with van der Waals surface area (Å²) < 4.78 is 28.1. The number of unbranched alkanes of at least 4 members (excludes halogenated alkanes) is 26. The molecule has 2 N–H and O–H groups in total. The van der Waals surface area contributed by atoms with Crippen LogP contribution in [-0.4, -0.2) is 105 Å². The number of nitriles is 2. The number of carboxylic acids is 2. The molecule has 2 rings (SSSR count). The fourth-order valence-electron chi connectivity index (χ4n) is 10.0. The molecular formula is C68H109N5O11S. The standard InChI is InChI=1S/C68H109N5O11S/c1-5-7-9-11-13-15-17-19-21-23-25-27-29-31-33-35-37-58(67(76)77)52-64(74)83-49-47-81-44-42-73(60-39-40-62(56(3)51-60)71-72-66-61(54-69)57(4)63(55-70)85-66)41-43-80-45-46-82-48-50-84-65(75)53-59(68(78)79)38-36-34-32-30-28-26-24-22-20-18-16-14-12-10-8-6-2/h33-36,39-40,51,58-59,61,66H,5-32,37-38,41-50,52-53H2,1-4H3,(H,76,77)(H,78,79)/b35-33+,36-34+,72-71?. The molecule has 0 radical (unpaired) electrons. The molecule has 4 unspecified atom stereocenters. The van der Waals surface area contributed by atoms with Crippen molar-refractivity contribution in [3.63, 3.8) is 0 Å². The Kier molecular flexibility index (Phi) is 46.6. The molecule has 1 heterocycles. The fraction of sp³-hybridized carbons (Fsp3) is 0.735. The Morgan fingerprint density at radius 2 is 0.976 bits per heavy atom. The molecule has 1 aliphatic heterocycles. The largest absolute Gasteiger partial charge is 0.481 e. The molecule has 0 fully saturated rings. The Hall–Kier alpha value is -5.07. The predicted octanol–water partition coefficient (Wildman–Crippen LogP) is 17.1. The van der Waals surface area contributed by atoms with Gasteiger partial charge in [-0.2, -0.15) is 20.8 Å². The van der Waals surface area contributed by atoms with Gasteiger partial charge in [0.2, 0.25) is 0 Å². The van der Waals surface area contributed by atoms with Gasteiger partial charge in [0.15, 0.2) is 0 Å². The van der Waals surface area contributed by atoms with E-state index < -0.39 is 47.0 Å². The monoisotopic (exact) mass is 1200 g/mol. The second kappa shape index (κ2) is 52.1. The van der Waals surface area contributed by atoms with Crippen LogP contribution < -0.4 is 4.90 Å². The SMILES string of the molecule is CCCCCCCCCCCCCCC/C=C/CC(CC(=O)OCCOCCOCCN(CCOCCOC(=O)CC(C/C=C/CCCCCCCCCCCCCCC)C(=O)O)c1ccc(N=NC2SC(C#N)=C(C)C2C#N)c(C)c1)C(=O)O. The number of aryl methyl sites for hydroxylation is 1. The van der Waals surface area contributed by atoms with Gasteiger partial charge < -0.3 is 38.8 Å². The van der Waals surface area contributed by atoms with Crippen molar-refractivity contribution in [3.8, 4) is 12.1 Å². The van der Waals surface area contributed by atoms with Crippen LogP contribution in [0.4, 0.5) is 11.4 Å². The third kappa shape index (κ3) is 38.7. The van der Waals surface area contributed by atoms with Gasteiger partial charge >= 0.3 is 23.9 Å². The lowest BCUT2D eigenvalue weighted by Gasteiger charge is -2.25. The summed E-state index contributed by atoms with van der Waals surface area (Å²) in [5, 5.41) is 47.1. The highest BCUT2D eigenvalue weighted by molar-refractivity contribution is 8.04. The number of hydrogen-bond donors (Lipinski definition) is 2. The van der Waals surface area contributed by atoms with E-state index in [1.165, 1.54) is 166 Å². The van der Waals surface area contributed by atoms with Gasteiger partial charge in [-0.3, -0.25) is 19.2 Å². The zero-order valence-corrected chi connectivity index (χ0v) is 53.6. The molecule has 1 aromatic rings. The molecule has 17 heteroatoms. The third-order valence-corrected chi connectivity index (χ3v) is 16.7. The number of azo groups is 1. The van der Waals surface area contributed by atoms with Gasteiger partial charge in [0, 0.05) is 18.8 Å². The van der Waals surface area contributed by atoms with E-state index in [2.05, 4.69) is 41.1 Å². The molecule has 0 spiro atoms. The highest BCUT2D eigenvalue weighted by Gasteiger charge is 2.34. The molecule has 16 nitrogen and oxygen atoms in total. The molecule has 4 atom stereocenters. The Balaban J connectivity index is 1.74. The number of thioether (sulfide) groups is 1. The third-order valence-electron chi connectivity index (χ3n) is 15.4. The first-order chi connectivity index (χ1) is 41.4. The van der Waals surface area contributed by atoms with E-state index in [1.54, 1.807) is 6.92 Å². The van der Waals surface area contributed by atoms with Crippen molar-refractivity contribution >= 4 is 47.0 Å². The maximum absolute atomic E-state index is 12.7. The second-order valence-corrected chi connectivity index (χ2v) is 23.8. The summed E-state index contributed by atoms with van der Waals surface area (Å²) >= 11 is 1.24. The maximum Gasteiger partial charge on any atom is 0.307 e. The van der Waals surface area contributed by atoms with E-state index >= 15 is 0 Å². The van der Waals surface area contributed by atoms with Crippen LogP contribution in [0.15, 0.2) is 63.2 Å². The number of carbonyl (C=O) groups excluding carboxylic acids is 2. The number of esters is 2. The van der Waals surface area contributed by atoms with E-state index in [1.807, 2.05) is 49.4 Å². The van der Waals surface area contributed by atoms with Gasteiger partial charge in [-0.05, 0) is 81.7 Å². The van der Waals surface area contributed by atoms with Crippen LogP contribution >= 0.6 is 11.8 Å². The van der Waals surface area contributed by atoms with Crippen molar-refractivity contribution in [3.05, 3.63) is 58.5 Å². The summed E-state index contributed by atoms with van der Waals surface area (Å²) in [6, 6.07) is 10.1. The number of anilines is 1. The summed E-state index contributed by atoms with van der Waals surface area (Å²) in [5.74, 6) is -5.45. The molecule has 1 aliphatic rings. The molecular weight excluding hydrogens is 1090 g/mol. The number of rotatable bonds is 56. The quantitative estimate of drug-likeness (QED) is 0.0267. The van der Waals surface area contributed by atoms with E-state index in [9.17, 15) is 39.9 Å². The molecule has 0 aromatic heterocycles. The molecule has 0 amide bonds. The van der Waals surface area contributed by atoms with Crippen LogP contribution in [0.3, 0.4) is 0 Å². The van der Waals surface area contributed by atoms with Crippen molar-refractivity contribution in [2.75, 3.05) is 70.8 Å². The minimum atomic E-state index is -1.03. The van der Waals surface area contributed by atoms with Crippen molar-refractivity contribution in [2.24, 2.45) is 28.0 Å². The Labute approximate surface area is 516 Å².